The number of phenols is 1. The van der Waals surface area contributed by atoms with E-state index in [-0.39, 0.29) is 29.6 Å². The van der Waals surface area contributed by atoms with E-state index in [1.54, 1.807) is 39.1 Å². The molecule has 2 rings (SSSR count). The molecule has 0 aliphatic rings. The van der Waals surface area contributed by atoms with Crippen molar-refractivity contribution in [3.8, 4) is 5.75 Å². The van der Waals surface area contributed by atoms with Gasteiger partial charge in [0.2, 0.25) is 5.62 Å². The third kappa shape index (κ3) is 9.66. The smallest absolute Gasteiger partial charge is 0.439 e. The van der Waals surface area contributed by atoms with Crippen molar-refractivity contribution < 1.29 is 33.8 Å². The van der Waals surface area contributed by atoms with Gasteiger partial charge in [0.1, 0.15) is 5.75 Å². The number of phenolic OH excluding ortho intramolecular Hbond substituents is 1. The molecule has 43 heavy (non-hydrogen) atoms. The molecule has 0 aliphatic heterocycles. The SMILES string of the molecule is CCC(CC)C(=O)Cn1cc[nH]c1=NC(=O)OC(CC(=O)c1cc(C(C)(C)C)c(O)c(C(C)(C)C)c1)OC(=O)C(C)(C)C. The molecule has 2 aromatic rings. The summed E-state index contributed by atoms with van der Waals surface area (Å²) in [5.74, 6) is -1.08. The van der Waals surface area contributed by atoms with Gasteiger partial charge in [-0.15, -0.1) is 4.99 Å². The zero-order valence-corrected chi connectivity index (χ0v) is 27.6. The summed E-state index contributed by atoms with van der Waals surface area (Å²) in [7, 11) is 0. The number of nitrogens with zero attached hydrogens (tertiary/aromatic N) is 2. The van der Waals surface area contributed by atoms with Gasteiger partial charge in [-0.05, 0) is 56.6 Å². The summed E-state index contributed by atoms with van der Waals surface area (Å²) in [6.45, 7) is 20.5. The van der Waals surface area contributed by atoms with Crippen molar-refractivity contribution in [1.29, 1.82) is 0 Å². The van der Waals surface area contributed by atoms with Crippen molar-refractivity contribution in [2.24, 2.45) is 16.3 Å². The highest BCUT2D eigenvalue weighted by molar-refractivity contribution is 5.97. The van der Waals surface area contributed by atoms with Gasteiger partial charge in [-0.2, -0.15) is 0 Å². The van der Waals surface area contributed by atoms with Crippen molar-refractivity contribution in [2.45, 2.75) is 119 Å². The van der Waals surface area contributed by atoms with Gasteiger partial charge in [0.15, 0.2) is 11.6 Å². The second kappa shape index (κ2) is 13.7. The lowest BCUT2D eigenvalue weighted by atomic mass is 9.78. The summed E-state index contributed by atoms with van der Waals surface area (Å²) in [6, 6.07) is 3.25. The minimum absolute atomic E-state index is 0.0140. The monoisotopic (exact) mass is 599 g/mol. The Morgan fingerprint density at radius 3 is 1.91 bits per heavy atom. The molecule has 0 aliphatic carbocycles. The highest BCUT2D eigenvalue weighted by Gasteiger charge is 2.32. The number of hydrogen-bond acceptors (Lipinski definition) is 7. The molecule has 2 N–H and O–H groups in total. The van der Waals surface area contributed by atoms with Crippen LogP contribution in [0, 0.1) is 11.3 Å². The summed E-state index contributed by atoms with van der Waals surface area (Å²) >= 11 is 0. The third-order valence-electron chi connectivity index (χ3n) is 7.19. The number of carbonyl (C=O) groups excluding carboxylic acids is 4. The lowest BCUT2D eigenvalue weighted by Gasteiger charge is -2.28. The van der Waals surface area contributed by atoms with Gasteiger partial charge in [-0.25, -0.2) is 4.79 Å². The molecule has 0 bridgehead atoms. The molecule has 238 valence electrons. The molecule has 0 saturated heterocycles. The van der Waals surface area contributed by atoms with Crippen LogP contribution in [0.1, 0.15) is 117 Å². The number of H-pyrrole nitrogens is 1. The van der Waals surface area contributed by atoms with E-state index in [4.69, 9.17) is 9.47 Å². The maximum atomic E-state index is 13.6. The molecule has 0 radical (unpaired) electrons. The largest absolute Gasteiger partial charge is 0.507 e. The van der Waals surface area contributed by atoms with E-state index in [9.17, 15) is 24.3 Å². The number of amides is 1. The average molecular weight is 600 g/mol. The topological polar surface area (TPSA) is 140 Å². The van der Waals surface area contributed by atoms with E-state index in [0.29, 0.717) is 29.5 Å². The summed E-state index contributed by atoms with van der Waals surface area (Å²) in [4.78, 5) is 58.7. The number of benzene rings is 1. The highest BCUT2D eigenvalue weighted by atomic mass is 16.7. The molecular weight excluding hydrogens is 550 g/mol. The minimum atomic E-state index is -1.56. The number of aromatic amines is 1. The van der Waals surface area contributed by atoms with Crippen LogP contribution in [-0.2, 0) is 36.4 Å². The summed E-state index contributed by atoms with van der Waals surface area (Å²) in [5.41, 5.74) is -0.301. The summed E-state index contributed by atoms with van der Waals surface area (Å²) < 4.78 is 12.4. The van der Waals surface area contributed by atoms with Crippen molar-refractivity contribution >= 4 is 23.6 Å². The Kier molecular flexibility index (Phi) is 11.3. The Balaban J connectivity index is 2.43. The van der Waals surface area contributed by atoms with Gasteiger partial charge in [0.25, 0.3) is 6.29 Å². The first-order valence-electron chi connectivity index (χ1n) is 14.8. The molecule has 0 saturated carbocycles. The molecular formula is C33H49N3O7. The number of esters is 1. The number of nitrogens with one attached hydrogen (secondary N) is 1. The maximum absolute atomic E-state index is 13.6. The van der Waals surface area contributed by atoms with E-state index in [1.807, 2.05) is 55.4 Å². The second-order valence-corrected chi connectivity index (χ2v) is 14.0. The minimum Gasteiger partial charge on any atom is -0.507 e. The third-order valence-corrected chi connectivity index (χ3v) is 7.19. The first-order valence-corrected chi connectivity index (χ1v) is 14.8. The standard InChI is InChI=1S/C33H49N3O7/c1-12-20(13-2)25(38)19-36-15-14-34-29(36)35-30(41)43-26(42-28(40)33(9,10)11)18-24(37)21-16-22(31(3,4)5)27(39)23(17-21)32(6,7)8/h14-17,20,26,39H,12-13,18-19H2,1-11H3,(H,34,35,41). The molecule has 0 spiro atoms. The van der Waals surface area contributed by atoms with Crippen molar-refractivity contribution in [1.82, 2.24) is 9.55 Å². The van der Waals surface area contributed by atoms with Crippen LogP contribution in [0.2, 0.25) is 0 Å². The van der Waals surface area contributed by atoms with Crippen LogP contribution >= 0.6 is 0 Å². The first-order chi connectivity index (χ1) is 19.7. The van der Waals surface area contributed by atoms with Crippen LogP contribution in [0.15, 0.2) is 29.5 Å². The van der Waals surface area contributed by atoms with Crippen LogP contribution in [0.25, 0.3) is 0 Å². The Morgan fingerprint density at radius 2 is 1.44 bits per heavy atom. The average Bonchev–Trinajstić information content (AvgIpc) is 3.28. The highest BCUT2D eigenvalue weighted by Crippen LogP contribution is 2.40. The van der Waals surface area contributed by atoms with Gasteiger partial charge in [0.05, 0.1) is 18.4 Å². The van der Waals surface area contributed by atoms with E-state index in [0.717, 1.165) is 0 Å². The van der Waals surface area contributed by atoms with E-state index in [2.05, 4.69) is 9.98 Å². The lowest BCUT2D eigenvalue weighted by Crippen LogP contribution is -2.33. The van der Waals surface area contributed by atoms with Crippen LogP contribution in [0.5, 0.6) is 5.75 Å². The fourth-order valence-corrected chi connectivity index (χ4v) is 4.46. The van der Waals surface area contributed by atoms with Gasteiger partial charge in [-0.1, -0.05) is 55.4 Å². The van der Waals surface area contributed by atoms with Gasteiger partial charge < -0.3 is 24.1 Å². The van der Waals surface area contributed by atoms with E-state index in [1.165, 1.54) is 10.8 Å². The number of aromatic nitrogens is 2. The molecule has 1 aromatic heterocycles. The van der Waals surface area contributed by atoms with E-state index < -0.39 is 46.8 Å². The normalized spacial score (nSPS) is 13.6. The van der Waals surface area contributed by atoms with Crippen LogP contribution in [0.4, 0.5) is 4.79 Å². The fraction of sp³-hybridized carbons (Fsp3) is 0.606. The molecule has 1 heterocycles. The molecule has 1 aromatic carbocycles. The van der Waals surface area contributed by atoms with Crippen LogP contribution in [-0.4, -0.2) is 44.6 Å². The van der Waals surface area contributed by atoms with Crippen molar-refractivity contribution in [3.63, 3.8) is 0 Å². The van der Waals surface area contributed by atoms with Gasteiger partial charge in [-0.3, -0.25) is 14.4 Å². The molecule has 1 amide bonds. The lowest BCUT2D eigenvalue weighted by molar-refractivity contribution is -0.176. The number of hydrogen-bond donors (Lipinski definition) is 2. The molecule has 10 nitrogen and oxygen atoms in total. The van der Waals surface area contributed by atoms with Crippen LogP contribution < -0.4 is 5.62 Å². The predicted molar refractivity (Wildman–Crippen MR) is 164 cm³/mol. The zero-order valence-electron chi connectivity index (χ0n) is 27.6. The molecule has 1 atom stereocenters. The number of aromatic hydroxyl groups is 1. The Labute approximate surface area is 254 Å². The fourth-order valence-electron chi connectivity index (χ4n) is 4.46. The van der Waals surface area contributed by atoms with Crippen molar-refractivity contribution in [3.05, 3.63) is 46.8 Å². The number of Topliss-reactive ketones (excluding diaryl/α,β-unsaturated/α-hetero) is 2. The Bertz CT molecular complexity index is 1360. The van der Waals surface area contributed by atoms with Gasteiger partial charge in [0, 0.05) is 35.0 Å². The first kappa shape index (κ1) is 35.5. The number of carbonyl (C=O) groups is 4. The number of ketones is 2. The second-order valence-electron chi connectivity index (χ2n) is 14.0. The Morgan fingerprint density at radius 1 is 0.907 bits per heavy atom. The quantitative estimate of drug-likeness (QED) is 0.184. The number of ether oxygens (including phenoxy) is 2. The van der Waals surface area contributed by atoms with E-state index >= 15 is 0 Å². The predicted octanol–water partition coefficient (Wildman–Crippen LogP) is 6.35. The summed E-state index contributed by atoms with van der Waals surface area (Å²) in [6.07, 6.45) is 1.43. The van der Waals surface area contributed by atoms with Crippen molar-refractivity contribution in [2.75, 3.05) is 0 Å². The number of rotatable bonds is 10. The maximum Gasteiger partial charge on any atom is 0.439 e. The number of imidazole rings is 1. The summed E-state index contributed by atoms with van der Waals surface area (Å²) in [5, 5.41) is 11.0. The molecule has 0 fully saturated rings. The van der Waals surface area contributed by atoms with Gasteiger partial charge >= 0.3 is 12.1 Å². The molecule has 10 heteroatoms. The molecule has 1 unspecified atom stereocenters. The zero-order chi connectivity index (χ0) is 32.9. The Hall–Kier alpha value is -3.69. The van der Waals surface area contributed by atoms with Crippen LogP contribution in [0.3, 0.4) is 0 Å².